The van der Waals surface area contributed by atoms with Crippen LogP contribution in [0.3, 0.4) is 0 Å². The van der Waals surface area contributed by atoms with Gasteiger partial charge < -0.3 is 4.74 Å². The lowest BCUT2D eigenvalue weighted by Crippen LogP contribution is -2.08. The van der Waals surface area contributed by atoms with E-state index in [0.29, 0.717) is 30.2 Å². The van der Waals surface area contributed by atoms with Crippen LogP contribution in [-0.4, -0.2) is 33.5 Å². The number of para-hydroxylation sites is 1. The first-order chi connectivity index (χ1) is 17.5. The zero-order chi connectivity index (χ0) is 25.1. The number of thioether (sulfide) groups is 1. The summed E-state index contributed by atoms with van der Waals surface area (Å²) in [7, 11) is 1.60. The molecule has 0 fully saturated rings. The van der Waals surface area contributed by atoms with Gasteiger partial charge in [0.1, 0.15) is 5.82 Å². The molecule has 5 nitrogen and oxygen atoms in total. The average molecular weight is 507 g/mol. The van der Waals surface area contributed by atoms with Crippen LogP contribution in [0.2, 0.25) is 0 Å². The predicted octanol–water partition coefficient (Wildman–Crippen LogP) is 6.52. The summed E-state index contributed by atoms with van der Waals surface area (Å²) in [6, 6.07) is 21.1. The third-order valence-corrected chi connectivity index (χ3v) is 6.72. The Balaban J connectivity index is 1.58. The van der Waals surface area contributed by atoms with E-state index in [1.807, 2.05) is 65.2 Å². The van der Waals surface area contributed by atoms with Gasteiger partial charge in [0.15, 0.2) is 22.6 Å². The third kappa shape index (κ3) is 4.84. The molecule has 0 aliphatic rings. The fourth-order valence-corrected chi connectivity index (χ4v) is 4.85. The number of benzene rings is 3. The molecule has 0 N–H and O–H groups in total. The molecule has 182 valence electrons. The van der Waals surface area contributed by atoms with E-state index in [-0.39, 0.29) is 11.3 Å². The SMILES string of the molecule is COCCn1c(SCc2cc(F)c(F)cc2F)nnc1-c1cc(-c2ccccc2)nc2ccccc12. The van der Waals surface area contributed by atoms with Crippen molar-refractivity contribution in [1.29, 1.82) is 0 Å². The highest BCUT2D eigenvalue weighted by molar-refractivity contribution is 7.98. The predicted molar refractivity (Wildman–Crippen MR) is 134 cm³/mol. The zero-order valence-corrected chi connectivity index (χ0v) is 20.1. The van der Waals surface area contributed by atoms with Gasteiger partial charge in [-0.05, 0) is 18.2 Å². The molecule has 5 rings (SSSR count). The molecule has 0 bridgehead atoms. The first kappa shape index (κ1) is 24.0. The van der Waals surface area contributed by atoms with E-state index in [9.17, 15) is 13.2 Å². The summed E-state index contributed by atoms with van der Waals surface area (Å²) in [5, 5.41) is 10.2. The second-order valence-corrected chi connectivity index (χ2v) is 8.98. The van der Waals surface area contributed by atoms with Crippen molar-refractivity contribution < 1.29 is 17.9 Å². The van der Waals surface area contributed by atoms with E-state index in [2.05, 4.69) is 10.2 Å². The van der Waals surface area contributed by atoms with Gasteiger partial charge in [-0.1, -0.05) is 60.3 Å². The molecule has 2 heterocycles. The molecule has 0 amide bonds. The summed E-state index contributed by atoms with van der Waals surface area (Å²) in [5.74, 6) is -2.45. The molecule has 0 unspecified atom stereocenters. The quantitative estimate of drug-likeness (QED) is 0.177. The molecule has 0 radical (unpaired) electrons. The summed E-state index contributed by atoms with van der Waals surface area (Å²) in [5.41, 5.74) is 3.46. The van der Waals surface area contributed by atoms with Crippen LogP contribution in [0.15, 0.2) is 78.0 Å². The summed E-state index contributed by atoms with van der Waals surface area (Å²) < 4.78 is 48.4. The minimum absolute atomic E-state index is 0.0440. The van der Waals surface area contributed by atoms with E-state index in [0.717, 1.165) is 33.8 Å². The van der Waals surface area contributed by atoms with Gasteiger partial charge >= 0.3 is 0 Å². The minimum Gasteiger partial charge on any atom is -0.383 e. The van der Waals surface area contributed by atoms with Crippen molar-refractivity contribution in [1.82, 2.24) is 19.7 Å². The monoisotopic (exact) mass is 506 g/mol. The molecule has 0 spiro atoms. The smallest absolute Gasteiger partial charge is 0.191 e. The summed E-state index contributed by atoms with van der Waals surface area (Å²) in [4.78, 5) is 4.84. The Labute approximate surface area is 210 Å². The van der Waals surface area contributed by atoms with E-state index in [1.54, 1.807) is 7.11 Å². The molecule has 3 aromatic carbocycles. The molecular formula is C27H21F3N4OS. The maximum Gasteiger partial charge on any atom is 0.191 e. The van der Waals surface area contributed by atoms with Gasteiger partial charge in [0, 0.05) is 41.0 Å². The van der Waals surface area contributed by atoms with Crippen molar-refractivity contribution in [2.75, 3.05) is 13.7 Å². The van der Waals surface area contributed by atoms with E-state index in [1.165, 1.54) is 11.8 Å². The number of ether oxygens (including phenoxy) is 1. The largest absolute Gasteiger partial charge is 0.383 e. The lowest BCUT2D eigenvalue weighted by atomic mass is 10.0. The number of methoxy groups -OCH3 is 1. The number of nitrogens with zero attached hydrogens (tertiary/aromatic N) is 4. The maximum absolute atomic E-state index is 14.2. The standard InChI is InChI=1S/C27H21F3N4OS/c1-35-12-11-34-26(32-33-27(34)36-16-18-13-22(29)23(30)15-21(18)28)20-14-25(17-7-3-2-4-8-17)31-24-10-6-5-9-19(20)24/h2-10,13-15H,11-12,16H2,1H3. The van der Waals surface area contributed by atoms with Gasteiger partial charge in [-0.2, -0.15) is 0 Å². The van der Waals surface area contributed by atoms with Crippen molar-refractivity contribution >= 4 is 22.7 Å². The van der Waals surface area contributed by atoms with Crippen LogP contribution in [0.1, 0.15) is 5.56 Å². The number of pyridine rings is 1. The number of halogens is 3. The number of aromatic nitrogens is 4. The molecule has 0 saturated carbocycles. The first-order valence-electron chi connectivity index (χ1n) is 11.2. The third-order valence-electron chi connectivity index (χ3n) is 5.71. The van der Waals surface area contributed by atoms with Crippen LogP contribution in [0.5, 0.6) is 0 Å². The fraction of sp³-hybridized carbons (Fsp3) is 0.148. The normalized spacial score (nSPS) is 11.3. The molecule has 0 atom stereocenters. The highest BCUT2D eigenvalue weighted by Crippen LogP contribution is 2.34. The second-order valence-electron chi connectivity index (χ2n) is 8.04. The number of hydrogen-bond donors (Lipinski definition) is 0. The summed E-state index contributed by atoms with van der Waals surface area (Å²) >= 11 is 1.19. The number of hydrogen-bond acceptors (Lipinski definition) is 5. The Morgan fingerprint density at radius 1 is 0.861 bits per heavy atom. The summed E-state index contributed by atoms with van der Waals surface area (Å²) in [6.45, 7) is 0.839. The molecular weight excluding hydrogens is 485 g/mol. The van der Waals surface area contributed by atoms with E-state index >= 15 is 0 Å². The topological polar surface area (TPSA) is 52.8 Å². The number of fused-ring (bicyclic) bond motifs is 1. The highest BCUT2D eigenvalue weighted by atomic mass is 32.2. The van der Waals surface area contributed by atoms with Crippen molar-refractivity contribution in [2.45, 2.75) is 17.5 Å². The van der Waals surface area contributed by atoms with Crippen LogP contribution < -0.4 is 0 Å². The Hall–Kier alpha value is -3.69. The molecule has 9 heteroatoms. The van der Waals surface area contributed by atoms with Crippen molar-refractivity contribution in [2.24, 2.45) is 0 Å². The van der Waals surface area contributed by atoms with Crippen molar-refractivity contribution in [3.8, 4) is 22.6 Å². The van der Waals surface area contributed by atoms with Crippen LogP contribution in [0.25, 0.3) is 33.5 Å². The lowest BCUT2D eigenvalue weighted by Gasteiger charge is -2.13. The Morgan fingerprint density at radius 2 is 1.61 bits per heavy atom. The Kier molecular flexibility index (Phi) is 7.02. The Morgan fingerprint density at radius 3 is 2.42 bits per heavy atom. The fourth-order valence-electron chi connectivity index (χ4n) is 3.91. The van der Waals surface area contributed by atoms with Gasteiger partial charge in [0.2, 0.25) is 0 Å². The molecule has 0 saturated heterocycles. The van der Waals surface area contributed by atoms with Gasteiger partial charge in [-0.3, -0.25) is 4.57 Å². The first-order valence-corrected chi connectivity index (χ1v) is 12.2. The van der Waals surface area contributed by atoms with Crippen LogP contribution in [0.4, 0.5) is 13.2 Å². The van der Waals surface area contributed by atoms with E-state index < -0.39 is 17.5 Å². The summed E-state index contributed by atoms with van der Waals surface area (Å²) in [6.07, 6.45) is 0. The minimum atomic E-state index is -1.22. The van der Waals surface area contributed by atoms with E-state index in [4.69, 9.17) is 9.72 Å². The van der Waals surface area contributed by atoms with Crippen LogP contribution >= 0.6 is 11.8 Å². The Bertz CT molecular complexity index is 1530. The van der Waals surface area contributed by atoms with Gasteiger partial charge in [0.25, 0.3) is 0 Å². The van der Waals surface area contributed by atoms with Gasteiger partial charge in [0.05, 0.1) is 24.4 Å². The number of rotatable bonds is 8. The van der Waals surface area contributed by atoms with Crippen molar-refractivity contribution in [3.63, 3.8) is 0 Å². The second kappa shape index (κ2) is 10.5. The van der Waals surface area contributed by atoms with Crippen LogP contribution in [0, 0.1) is 17.5 Å². The molecule has 2 aromatic heterocycles. The molecule has 5 aromatic rings. The lowest BCUT2D eigenvalue weighted by molar-refractivity contribution is 0.185. The van der Waals surface area contributed by atoms with Crippen molar-refractivity contribution in [3.05, 3.63) is 95.8 Å². The zero-order valence-electron chi connectivity index (χ0n) is 19.3. The highest BCUT2D eigenvalue weighted by Gasteiger charge is 2.19. The molecule has 0 aliphatic carbocycles. The average Bonchev–Trinajstić information content (AvgIpc) is 3.31. The maximum atomic E-state index is 14.2. The van der Waals surface area contributed by atoms with Crippen LogP contribution in [-0.2, 0) is 17.0 Å². The van der Waals surface area contributed by atoms with Gasteiger partial charge in [-0.15, -0.1) is 10.2 Å². The molecule has 36 heavy (non-hydrogen) atoms. The molecule has 0 aliphatic heterocycles. The van der Waals surface area contributed by atoms with Gasteiger partial charge in [-0.25, -0.2) is 18.2 Å².